The number of aliphatic hydroxyl groups is 3. The van der Waals surface area contributed by atoms with Crippen LogP contribution in [0.1, 0.15) is 19.8 Å². The molecule has 0 aliphatic carbocycles. The second-order valence-corrected chi connectivity index (χ2v) is 10.0. The highest BCUT2D eigenvalue weighted by atomic mass is 16.6. The Morgan fingerprint density at radius 2 is 1.11 bits per heavy atom. The maximum absolute atomic E-state index is 11.8. The Morgan fingerprint density at radius 3 is 1.56 bits per heavy atom. The first-order valence-corrected chi connectivity index (χ1v) is 15.6. The Labute approximate surface area is 265 Å². The minimum atomic E-state index is -1.30. The quantitative estimate of drug-likeness (QED) is 0.0402. The van der Waals surface area contributed by atoms with E-state index in [1.165, 1.54) is 6.92 Å². The molecular weight excluding hydrogens is 600 g/mol. The fraction of sp³-hybridized carbons (Fsp3) is 0.929. The number of urea groups is 1. The van der Waals surface area contributed by atoms with Crippen LogP contribution in [0.4, 0.5) is 4.79 Å². The van der Waals surface area contributed by atoms with Crippen LogP contribution in [-0.2, 0) is 42.7 Å². The van der Waals surface area contributed by atoms with Crippen molar-refractivity contribution in [1.82, 2.24) is 16.0 Å². The van der Waals surface area contributed by atoms with E-state index >= 15 is 0 Å². The Bertz CT molecular complexity index is 728. The van der Waals surface area contributed by atoms with Crippen molar-refractivity contribution in [2.45, 2.75) is 50.2 Å². The molecule has 1 rings (SSSR count). The summed E-state index contributed by atoms with van der Waals surface area (Å²) < 4.78 is 43.4. The molecule has 0 aromatic carbocycles. The highest BCUT2D eigenvalue weighted by Crippen LogP contribution is 2.24. The number of ether oxygens (including phenoxy) is 8. The maximum Gasteiger partial charge on any atom is 0.314 e. The lowest BCUT2D eigenvalue weighted by Crippen LogP contribution is -2.63. The summed E-state index contributed by atoms with van der Waals surface area (Å²) in [5, 5.41) is 37.8. The Kier molecular flexibility index (Phi) is 26.1. The normalized spacial score (nSPS) is 21.5. The van der Waals surface area contributed by atoms with E-state index in [0.29, 0.717) is 125 Å². The summed E-state index contributed by atoms with van der Waals surface area (Å²) in [4.78, 5) is 23.3. The van der Waals surface area contributed by atoms with Gasteiger partial charge < -0.3 is 74.9 Å². The molecule has 1 fully saturated rings. The molecule has 0 saturated carbocycles. The molecule has 5 atom stereocenters. The number of carbonyl (C=O) groups excluding carboxylic acids is 2. The smallest absolute Gasteiger partial charge is 0.314 e. The predicted molar refractivity (Wildman–Crippen MR) is 161 cm³/mol. The number of hydrogen-bond acceptors (Lipinski definition) is 14. The lowest BCUT2D eigenvalue weighted by molar-refractivity contribution is -0.197. The Balaban J connectivity index is 1.87. The van der Waals surface area contributed by atoms with E-state index in [0.717, 1.165) is 0 Å². The molecule has 1 heterocycles. The summed E-state index contributed by atoms with van der Waals surface area (Å²) in [6.45, 7) is 8.17. The van der Waals surface area contributed by atoms with Gasteiger partial charge in [0, 0.05) is 33.2 Å². The number of nitrogens with two attached hydrogens (primary N) is 1. The van der Waals surface area contributed by atoms with Crippen LogP contribution in [0.25, 0.3) is 0 Å². The molecule has 0 bridgehead atoms. The van der Waals surface area contributed by atoms with Gasteiger partial charge in [-0.2, -0.15) is 0 Å². The number of nitrogens with one attached hydrogen (secondary N) is 3. The molecule has 0 spiro atoms. The molecule has 3 amide bonds. The monoisotopic (exact) mass is 656 g/mol. The molecule has 0 unspecified atom stereocenters. The third-order valence-corrected chi connectivity index (χ3v) is 6.36. The van der Waals surface area contributed by atoms with Crippen molar-refractivity contribution in [1.29, 1.82) is 0 Å². The Morgan fingerprint density at radius 1 is 0.667 bits per heavy atom. The number of amides is 3. The van der Waals surface area contributed by atoms with Gasteiger partial charge in [-0.25, -0.2) is 4.79 Å². The number of hydrogen-bond donors (Lipinski definition) is 7. The van der Waals surface area contributed by atoms with Crippen molar-refractivity contribution in [3.8, 4) is 0 Å². The SMILES string of the molecule is CC(=O)N[C@@H]1[C@@H](O)[C@@H](O)[C@@H](CO)O[C@@H]1CCCOCCOCCNC(=O)NCCOCCOCCOCCOCCOCCN. The average molecular weight is 657 g/mol. The molecular formula is C28H56N4O13. The first kappa shape index (κ1) is 41.3. The minimum Gasteiger partial charge on any atom is -0.394 e. The maximum atomic E-state index is 11.8. The van der Waals surface area contributed by atoms with Gasteiger partial charge in [-0.05, 0) is 12.8 Å². The summed E-state index contributed by atoms with van der Waals surface area (Å²) in [6.07, 6.45) is -3.03. The van der Waals surface area contributed by atoms with E-state index < -0.39 is 37.1 Å². The topological polar surface area (TPSA) is 231 Å². The number of aliphatic hydroxyl groups excluding tert-OH is 3. The number of rotatable bonds is 29. The molecule has 0 aromatic rings. The van der Waals surface area contributed by atoms with Crippen molar-refractivity contribution >= 4 is 11.9 Å². The molecule has 1 saturated heterocycles. The molecule has 0 aromatic heterocycles. The molecule has 45 heavy (non-hydrogen) atoms. The summed E-state index contributed by atoms with van der Waals surface area (Å²) in [5.41, 5.74) is 5.32. The van der Waals surface area contributed by atoms with Crippen LogP contribution in [0.15, 0.2) is 0 Å². The van der Waals surface area contributed by atoms with Crippen LogP contribution < -0.4 is 21.7 Å². The van der Waals surface area contributed by atoms with Crippen LogP contribution in [0.5, 0.6) is 0 Å². The van der Waals surface area contributed by atoms with Crippen LogP contribution in [-0.4, -0.2) is 176 Å². The van der Waals surface area contributed by atoms with Gasteiger partial charge >= 0.3 is 6.03 Å². The van der Waals surface area contributed by atoms with E-state index in [9.17, 15) is 24.9 Å². The van der Waals surface area contributed by atoms with Crippen LogP contribution >= 0.6 is 0 Å². The fourth-order valence-electron chi connectivity index (χ4n) is 4.16. The first-order chi connectivity index (χ1) is 21.9. The van der Waals surface area contributed by atoms with E-state index in [2.05, 4.69) is 16.0 Å². The molecule has 0 radical (unpaired) electrons. The van der Waals surface area contributed by atoms with Gasteiger partial charge in [0.05, 0.1) is 105 Å². The third kappa shape index (κ3) is 21.6. The van der Waals surface area contributed by atoms with Gasteiger partial charge in [-0.3, -0.25) is 4.79 Å². The molecule has 1 aliphatic heterocycles. The molecule has 8 N–H and O–H groups in total. The zero-order valence-corrected chi connectivity index (χ0v) is 26.5. The molecule has 17 heteroatoms. The van der Waals surface area contributed by atoms with Crippen molar-refractivity contribution < 1.29 is 62.8 Å². The van der Waals surface area contributed by atoms with Crippen molar-refractivity contribution in [2.24, 2.45) is 5.73 Å². The summed E-state index contributed by atoms with van der Waals surface area (Å²) in [6, 6.07) is -1.10. The molecule has 266 valence electrons. The summed E-state index contributed by atoms with van der Waals surface area (Å²) in [7, 11) is 0. The lowest BCUT2D eigenvalue weighted by atomic mass is 9.90. The highest BCUT2D eigenvalue weighted by Gasteiger charge is 2.44. The van der Waals surface area contributed by atoms with Crippen molar-refractivity contribution in [2.75, 3.05) is 119 Å². The summed E-state index contributed by atoms with van der Waals surface area (Å²) >= 11 is 0. The zero-order valence-electron chi connectivity index (χ0n) is 26.5. The first-order valence-electron chi connectivity index (χ1n) is 15.6. The molecule has 17 nitrogen and oxygen atoms in total. The van der Waals surface area contributed by atoms with Gasteiger partial charge in [-0.15, -0.1) is 0 Å². The van der Waals surface area contributed by atoms with E-state index in [4.69, 9.17) is 43.6 Å². The fourth-order valence-corrected chi connectivity index (χ4v) is 4.16. The lowest BCUT2D eigenvalue weighted by Gasteiger charge is -2.42. The second-order valence-electron chi connectivity index (χ2n) is 10.0. The number of carbonyl (C=O) groups is 2. The van der Waals surface area contributed by atoms with Gasteiger partial charge in [-0.1, -0.05) is 0 Å². The van der Waals surface area contributed by atoms with Gasteiger partial charge in [0.15, 0.2) is 0 Å². The van der Waals surface area contributed by atoms with Crippen molar-refractivity contribution in [3.05, 3.63) is 0 Å². The Hall–Kier alpha value is -1.74. The van der Waals surface area contributed by atoms with Gasteiger partial charge in [0.1, 0.15) is 18.3 Å². The van der Waals surface area contributed by atoms with E-state index in [1.807, 2.05) is 0 Å². The summed E-state index contributed by atoms with van der Waals surface area (Å²) in [5.74, 6) is -0.354. The van der Waals surface area contributed by atoms with E-state index in [1.54, 1.807) is 0 Å². The van der Waals surface area contributed by atoms with Crippen LogP contribution in [0.2, 0.25) is 0 Å². The highest BCUT2D eigenvalue weighted by molar-refractivity contribution is 5.73. The van der Waals surface area contributed by atoms with Crippen molar-refractivity contribution in [3.63, 3.8) is 0 Å². The average Bonchev–Trinajstić information content (AvgIpc) is 3.02. The molecule has 1 aliphatic rings. The van der Waals surface area contributed by atoms with E-state index in [-0.39, 0.29) is 11.9 Å². The van der Waals surface area contributed by atoms with Crippen LogP contribution in [0.3, 0.4) is 0 Å². The minimum absolute atomic E-state index is 0.317. The zero-order chi connectivity index (χ0) is 33.0. The second kappa shape index (κ2) is 28.5. The van der Waals surface area contributed by atoms with Gasteiger partial charge in [0.25, 0.3) is 0 Å². The third-order valence-electron chi connectivity index (χ3n) is 6.36. The van der Waals surface area contributed by atoms with Gasteiger partial charge in [0.2, 0.25) is 5.91 Å². The standard InChI is InChI=1S/C28H56N4O13/c1-22(34)32-25-23(45-24(21-33)26(35)27(25)36)3-2-7-38-11-13-40-9-5-30-28(37)31-6-10-41-14-16-43-18-20-44-19-17-42-15-12-39-8-4-29/h23-27,33,35-36H,2-21,29H2,1H3,(H,32,34)(H2,30,31,37)/t23-,24-,25+,26+,27-/m1/s1. The largest absolute Gasteiger partial charge is 0.394 e. The van der Waals surface area contributed by atoms with Crippen LogP contribution in [0, 0.1) is 0 Å². The predicted octanol–water partition coefficient (Wildman–Crippen LogP) is -2.87.